The normalized spacial score (nSPS) is 22.9. The molecule has 0 radical (unpaired) electrons. The van der Waals surface area contributed by atoms with Crippen LogP contribution in [0.4, 0.5) is 4.39 Å². The third-order valence-corrected chi connectivity index (χ3v) is 2.68. The Hall–Kier alpha value is -1.01. The SMILES string of the molecule is CNC[C@@H]1OCC(O)(O)c2cccc(F)c21. The highest BCUT2D eigenvalue weighted by Gasteiger charge is 2.38. The molecule has 3 N–H and O–H groups in total. The second-order valence-corrected chi connectivity index (χ2v) is 3.88. The smallest absolute Gasteiger partial charge is 0.214 e. The van der Waals surface area contributed by atoms with Crippen molar-refractivity contribution in [2.24, 2.45) is 0 Å². The van der Waals surface area contributed by atoms with Crippen LogP contribution in [0.15, 0.2) is 18.2 Å². The molecule has 1 atom stereocenters. The maximum Gasteiger partial charge on any atom is 0.214 e. The van der Waals surface area contributed by atoms with Crippen LogP contribution in [0.1, 0.15) is 17.2 Å². The maximum absolute atomic E-state index is 13.7. The lowest BCUT2D eigenvalue weighted by Crippen LogP contribution is -2.40. The van der Waals surface area contributed by atoms with Gasteiger partial charge in [-0.15, -0.1) is 0 Å². The number of fused-ring (bicyclic) bond motifs is 1. The molecule has 88 valence electrons. The van der Waals surface area contributed by atoms with E-state index in [1.54, 1.807) is 7.05 Å². The van der Waals surface area contributed by atoms with E-state index in [1.807, 2.05) is 0 Å². The average Bonchev–Trinajstić information content (AvgIpc) is 2.23. The lowest BCUT2D eigenvalue weighted by Gasteiger charge is -2.34. The van der Waals surface area contributed by atoms with Crippen molar-refractivity contribution in [2.75, 3.05) is 20.2 Å². The van der Waals surface area contributed by atoms with E-state index < -0.39 is 17.7 Å². The summed E-state index contributed by atoms with van der Waals surface area (Å²) in [5, 5.41) is 22.2. The van der Waals surface area contributed by atoms with Crippen LogP contribution in [-0.2, 0) is 10.5 Å². The zero-order valence-electron chi connectivity index (χ0n) is 8.90. The van der Waals surface area contributed by atoms with E-state index in [0.717, 1.165) is 0 Å². The third kappa shape index (κ3) is 1.82. The van der Waals surface area contributed by atoms with Crippen molar-refractivity contribution in [3.8, 4) is 0 Å². The molecule has 1 aromatic rings. The second-order valence-electron chi connectivity index (χ2n) is 3.88. The molecule has 1 heterocycles. The molecule has 2 rings (SSSR count). The largest absolute Gasteiger partial charge is 0.366 e. The van der Waals surface area contributed by atoms with E-state index >= 15 is 0 Å². The zero-order chi connectivity index (χ0) is 11.8. The highest BCUT2D eigenvalue weighted by molar-refractivity contribution is 5.35. The van der Waals surface area contributed by atoms with Crippen molar-refractivity contribution < 1.29 is 19.3 Å². The van der Waals surface area contributed by atoms with Crippen molar-refractivity contribution in [3.05, 3.63) is 35.1 Å². The van der Waals surface area contributed by atoms with E-state index in [-0.39, 0.29) is 17.7 Å². The zero-order valence-corrected chi connectivity index (χ0v) is 8.90. The number of likely N-dealkylation sites (N-methyl/N-ethyl adjacent to an activating group) is 1. The van der Waals surface area contributed by atoms with Gasteiger partial charge in [0.15, 0.2) is 0 Å². The molecule has 5 heteroatoms. The Balaban J connectivity index is 2.49. The Morgan fingerprint density at radius 1 is 1.56 bits per heavy atom. The highest BCUT2D eigenvalue weighted by atomic mass is 19.1. The number of nitrogens with one attached hydrogen (secondary N) is 1. The maximum atomic E-state index is 13.7. The lowest BCUT2D eigenvalue weighted by molar-refractivity contribution is -0.228. The van der Waals surface area contributed by atoms with Crippen LogP contribution in [-0.4, -0.2) is 30.4 Å². The fourth-order valence-corrected chi connectivity index (χ4v) is 1.94. The molecule has 4 nitrogen and oxygen atoms in total. The van der Waals surface area contributed by atoms with Crippen molar-refractivity contribution >= 4 is 0 Å². The van der Waals surface area contributed by atoms with Gasteiger partial charge in [0.2, 0.25) is 5.79 Å². The number of hydrogen-bond donors (Lipinski definition) is 3. The molecule has 0 saturated heterocycles. The van der Waals surface area contributed by atoms with Crippen LogP contribution in [0.2, 0.25) is 0 Å². The average molecular weight is 227 g/mol. The van der Waals surface area contributed by atoms with Crippen molar-refractivity contribution in [1.82, 2.24) is 5.32 Å². The number of hydrogen-bond acceptors (Lipinski definition) is 4. The first kappa shape index (κ1) is 11.5. The summed E-state index contributed by atoms with van der Waals surface area (Å²) in [5.74, 6) is -2.59. The molecule has 1 aliphatic heterocycles. The predicted molar refractivity (Wildman–Crippen MR) is 55.1 cm³/mol. The van der Waals surface area contributed by atoms with E-state index in [1.165, 1.54) is 18.2 Å². The van der Waals surface area contributed by atoms with Gasteiger partial charge >= 0.3 is 0 Å². The van der Waals surface area contributed by atoms with Gasteiger partial charge in [0.1, 0.15) is 12.4 Å². The molecular weight excluding hydrogens is 213 g/mol. The van der Waals surface area contributed by atoms with Crippen LogP contribution in [0, 0.1) is 5.82 Å². The topological polar surface area (TPSA) is 61.7 Å². The first-order valence-electron chi connectivity index (χ1n) is 5.06. The van der Waals surface area contributed by atoms with Crippen LogP contribution >= 0.6 is 0 Å². The number of ether oxygens (including phenoxy) is 1. The van der Waals surface area contributed by atoms with Gasteiger partial charge in [-0.25, -0.2) is 4.39 Å². The number of rotatable bonds is 2. The van der Waals surface area contributed by atoms with Gasteiger partial charge in [0.05, 0.1) is 6.10 Å². The quantitative estimate of drug-likeness (QED) is 0.634. The molecule has 0 fully saturated rings. The first-order chi connectivity index (χ1) is 7.56. The van der Waals surface area contributed by atoms with Gasteiger partial charge < -0.3 is 20.3 Å². The standard InChI is InChI=1S/C11H14FNO3/c1-13-5-9-10-7(3-2-4-8(10)12)11(14,15)6-16-9/h2-4,9,13-15H,5-6H2,1H3/t9-/m0/s1. The molecule has 0 saturated carbocycles. The van der Waals surface area contributed by atoms with Crippen LogP contribution in [0.3, 0.4) is 0 Å². The summed E-state index contributed by atoms with van der Waals surface area (Å²) in [6, 6.07) is 4.24. The first-order valence-corrected chi connectivity index (χ1v) is 5.06. The van der Waals surface area contributed by atoms with Crippen molar-refractivity contribution in [3.63, 3.8) is 0 Å². The summed E-state index contributed by atoms with van der Waals surface area (Å²) >= 11 is 0. The van der Waals surface area contributed by atoms with E-state index in [0.29, 0.717) is 6.54 Å². The summed E-state index contributed by atoms with van der Waals surface area (Å²) in [6.07, 6.45) is -0.492. The van der Waals surface area contributed by atoms with Crippen molar-refractivity contribution in [2.45, 2.75) is 11.9 Å². The van der Waals surface area contributed by atoms with Gasteiger partial charge in [-0.2, -0.15) is 0 Å². The summed E-state index contributed by atoms with van der Waals surface area (Å²) in [5.41, 5.74) is 0.395. The van der Waals surface area contributed by atoms with Gasteiger partial charge in [-0.05, 0) is 13.1 Å². The third-order valence-electron chi connectivity index (χ3n) is 2.68. The Bertz CT molecular complexity index is 395. The van der Waals surface area contributed by atoms with Crippen LogP contribution in [0.25, 0.3) is 0 Å². The monoisotopic (exact) mass is 227 g/mol. The Kier molecular flexibility index (Phi) is 2.94. The van der Waals surface area contributed by atoms with Gasteiger partial charge in [0, 0.05) is 17.7 Å². The van der Waals surface area contributed by atoms with E-state index in [9.17, 15) is 14.6 Å². The molecule has 0 aromatic heterocycles. The minimum Gasteiger partial charge on any atom is -0.366 e. The number of benzene rings is 1. The molecule has 1 aliphatic rings. The van der Waals surface area contributed by atoms with E-state index in [2.05, 4.69) is 5.32 Å². The summed E-state index contributed by atoms with van der Waals surface area (Å²) in [7, 11) is 1.73. The van der Waals surface area contributed by atoms with Gasteiger partial charge in [0.25, 0.3) is 0 Å². The minimum atomic E-state index is -2.11. The van der Waals surface area contributed by atoms with Crippen LogP contribution in [0.5, 0.6) is 0 Å². The molecule has 0 spiro atoms. The molecule has 16 heavy (non-hydrogen) atoms. The predicted octanol–water partition coefficient (Wildman–Crippen LogP) is 0.254. The molecule has 0 unspecified atom stereocenters. The summed E-state index contributed by atoms with van der Waals surface area (Å²) in [4.78, 5) is 0. The van der Waals surface area contributed by atoms with Crippen molar-refractivity contribution in [1.29, 1.82) is 0 Å². The fourth-order valence-electron chi connectivity index (χ4n) is 1.94. The Morgan fingerprint density at radius 3 is 3.00 bits per heavy atom. The molecule has 0 aliphatic carbocycles. The molecule has 1 aromatic carbocycles. The Labute approximate surface area is 92.7 Å². The molecule has 0 amide bonds. The van der Waals surface area contributed by atoms with Crippen LogP contribution < -0.4 is 5.32 Å². The fraction of sp³-hybridized carbons (Fsp3) is 0.455. The van der Waals surface area contributed by atoms with Gasteiger partial charge in [-0.3, -0.25) is 0 Å². The van der Waals surface area contributed by atoms with Gasteiger partial charge in [-0.1, -0.05) is 12.1 Å². The summed E-state index contributed by atoms with van der Waals surface area (Å²) in [6.45, 7) is 0.166. The van der Waals surface area contributed by atoms with E-state index in [4.69, 9.17) is 4.74 Å². The highest BCUT2D eigenvalue weighted by Crippen LogP contribution is 2.36. The minimum absolute atomic E-state index is 0.180. The molecular formula is C11H14FNO3. The lowest BCUT2D eigenvalue weighted by atomic mass is 9.93. The number of aliphatic hydroxyl groups is 2. The molecule has 0 bridgehead atoms. The number of halogens is 1. The second kappa shape index (κ2) is 4.10. The Morgan fingerprint density at radius 2 is 2.31 bits per heavy atom. The summed E-state index contributed by atoms with van der Waals surface area (Å²) < 4.78 is 18.9.